The lowest BCUT2D eigenvalue weighted by atomic mass is 9.99. The molecule has 33 heavy (non-hydrogen) atoms. The van der Waals surface area contributed by atoms with E-state index in [1.807, 2.05) is 65.2 Å². The van der Waals surface area contributed by atoms with Gasteiger partial charge in [0.1, 0.15) is 5.82 Å². The standard InChI is InChI=1S/C24H31ClN6O2/c1-28(2)10-9-27-23(32)17-31-16-20(19-7-6-18(25)15-21(19)31)24(33)30-13-11-29(12-14-30)22-5-3-4-8-26-22/h3-8,15,20H,9-14,16-17H2,1-2H3,(H,27,32)/t20-/m0/s1. The minimum absolute atomic E-state index is 0.0557. The van der Waals surface area contributed by atoms with Crippen LogP contribution in [-0.4, -0.2) is 93.1 Å². The van der Waals surface area contributed by atoms with Crippen LogP contribution in [0.3, 0.4) is 0 Å². The van der Waals surface area contributed by atoms with E-state index in [1.165, 1.54) is 0 Å². The summed E-state index contributed by atoms with van der Waals surface area (Å²) in [7, 11) is 3.94. The Kier molecular flexibility index (Phi) is 7.35. The molecule has 2 aliphatic heterocycles. The van der Waals surface area contributed by atoms with E-state index in [9.17, 15) is 9.59 Å². The Labute approximate surface area is 200 Å². The molecule has 0 radical (unpaired) electrons. The van der Waals surface area contributed by atoms with Crippen molar-refractivity contribution < 1.29 is 9.59 Å². The fourth-order valence-corrected chi connectivity index (χ4v) is 4.59. The molecule has 9 heteroatoms. The normalized spacial score (nSPS) is 17.9. The summed E-state index contributed by atoms with van der Waals surface area (Å²) in [5.41, 5.74) is 1.81. The van der Waals surface area contributed by atoms with Crippen molar-refractivity contribution in [2.45, 2.75) is 5.92 Å². The SMILES string of the molecule is CN(C)CCNC(=O)CN1C[C@H](C(=O)N2CCN(c3ccccn3)CC2)c2ccc(Cl)cc21. The molecule has 2 aliphatic rings. The Morgan fingerprint density at radius 2 is 1.94 bits per heavy atom. The predicted octanol–water partition coefficient (Wildman–Crippen LogP) is 1.67. The third kappa shape index (κ3) is 5.57. The van der Waals surface area contributed by atoms with Crippen LogP contribution >= 0.6 is 11.6 Å². The number of amides is 2. The molecule has 0 bridgehead atoms. The molecule has 3 heterocycles. The van der Waals surface area contributed by atoms with Crippen molar-refractivity contribution in [3.8, 4) is 0 Å². The van der Waals surface area contributed by atoms with E-state index < -0.39 is 0 Å². The molecule has 4 rings (SSSR count). The summed E-state index contributed by atoms with van der Waals surface area (Å²) in [5.74, 6) is 0.694. The molecule has 1 saturated heterocycles. The summed E-state index contributed by atoms with van der Waals surface area (Å²) in [6, 6.07) is 11.5. The van der Waals surface area contributed by atoms with Crippen LogP contribution in [0.1, 0.15) is 11.5 Å². The monoisotopic (exact) mass is 470 g/mol. The lowest BCUT2D eigenvalue weighted by Crippen LogP contribution is -2.50. The summed E-state index contributed by atoms with van der Waals surface area (Å²) in [5, 5.41) is 3.55. The average molecular weight is 471 g/mol. The highest BCUT2D eigenvalue weighted by Gasteiger charge is 2.37. The van der Waals surface area contributed by atoms with Gasteiger partial charge in [-0.1, -0.05) is 23.7 Å². The quantitative estimate of drug-likeness (QED) is 0.663. The Morgan fingerprint density at radius 1 is 1.15 bits per heavy atom. The number of carbonyl (C=O) groups excluding carboxylic acids is 2. The number of nitrogens with one attached hydrogen (secondary N) is 1. The number of nitrogens with zero attached hydrogens (tertiary/aromatic N) is 5. The second-order valence-corrected chi connectivity index (χ2v) is 9.23. The lowest BCUT2D eigenvalue weighted by Gasteiger charge is -2.36. The number of anilines is 2. The van der Waals surface area contributed by atoms with Crippen molar-refractivity contribution in [2.75, 3.05) is 76.3 Å². The van der Waals surface area contributed by atoms with Gasteiger partial charge in [-0.15, -0.1) is 0 Å². The predicted molar refractivity (Wildman–Crippen MR) is 131 cm³/mol. The second-order valence-electron chi connectivity index (χ2n) is 8.79. The van der Waals surface area contributed by atoms with Crippen molar-refractivity contribution in [1.82, 2.24) is 20.1 Å². The zero-order chi connectivity index (χ0) is 23.4. The van der Waals surface area contributed by atoms with Gasteiger partial charge < -0.3 is 24.9 Å². The van der Waals surface area contributed by atoms with Crippen molar-refractivity contribution in [1.29, 1.82) is 0 Å². The molecule has 1 aromatic heterocycles. The van der Waals surface area contributed by atoms with Gasteiger partial charge in [0.05, 0.1) is 12.5 Å². The number of benzene rings is 1. The lowest BCUT2D eigenvalue weighted by molar-refractivity contribution is -0.132. The zero-order valence-corrected chi connectivity index (χ0v) is 20.0. The highest BCUT2D eigenvalue weighted by molar-refractivity contribution is 6.31. The van der Waals surface area contributed by atoms with Crippen molar-refractivity contribution >= 4 is 34.9 Å². The second kappa shape index (κ2) is 10.4. The molecule has 2 amide bonds. The van der Waals surface area contributed by atoms with Gasteiger partial charge in [-0.2, -0.15) is 0 Å². The summed E-state index contributed by atoms with van der Waals surface area (Å²) in [6.45, 7) is 4.86. The van der Waals surface area contributed by atoms with Crippen molar-refractivity contribution in [3.05, 3.63) is 53.2 Å². The number of hydrogen-bond donors (Lipinski definition) is 1. The Morgan fingerprint density at radius 3 is 2.64 bits per heavy atom. The van der Waals surface area contributed by atoms with Gasteiger partial charge in [0.25, 0.3) is 0 Å². The van der Waals surface area contributed by atoms with E-state index in [2.05, 4.69) is 15.2 Å². The molecule has 0 aliphatic carbocycles. The first-order valence-corrected chi connectivity index (χ1v) is 11.7. The van der Waals surface area contributed by atoms with Gasteiger partial charge in [-0.05, 0) is 43.9 Å². The first kappa shape index (κ1) is 23.3. The van der Waals surface area contributed by atoms with Gasteiger partial charge in [0.2, 0.25) is 11.8 Å². The van der Waals surface area contributed by atoms with Crippen LogP contribution in [0.25, 0.3) is 0 Å². The first-order chi connectivity index (χ1) is 15.9. The maximum absolute atomic E-state index is 13.5. The van der Waals surface area contributed by atoms with Crippen molar-refractivity contribution in [2.24, 2.45) is 0 Å². The number of pyridine rings is 1. The molecule has 176 valence electrons. The number of likely N-dealkylation sites (N-methyl/N-ethyl adjacent to an activating group) is 1. The van der Waals surface area contributed by atoms with Crippen LogP contribution in [0.15, 0.2) is 42.6 Å². The third-order valence-electron chi connectivity index (χ3n) is 6.19. The average Bonchev–Trinajstić information content (AvgIpc) is 3.16. The number of rotatable bonds is 7. The summed E-state index contributed by atoms with van der Waals surface area (Å²) < 4.78 is 0. The zero-order valence-electron chi connectivity index (χ0n) is 19.2. The number of halogens is 1. The fraction of sp³-hybridized carbons (Fsp3) is 0.458. The number of piperazine rings is 1. The van der Waals surface area contributed by atoms with E-state index in [0.29, 0.717) is 31.2 Å². The van der Waals surface area contributed by atoms with Crippen molar-refractivity contribution in [3.63, 3.8) is 0 Å². The topological polar surface area (TPSA) is 72.0 Å². The van der Waals surface area contributed by atoms with Gasteiger partial charge in [0, 0.05) is 62.7 Å². The highest BCUT2D eigenvalue weighted by atomic mass is 35.5. The molecule has 1 fully saturated rings. The molecule has 1 aromatic carbocycles. The van der Waals surface area contributed by atoms with Gasteiger partial charge in [-0.3, -0.25) is 9.59 Å². The Hall–Kier alpha value is -2.84. The van der Waals surface area contributed by atoms with E-state index in [-0.39, 0.29) is 24.3 Å². The van der Waals surface area contributed by atoms with Crippen LogP contribution in [0.2, 0.25) is 5.02 Å². The molecule has 0 saturated carbocycles. The molecule has 0 spiro atoms. The highest BCUT2D eigenvalue weighted by Crippen LogP contribution is 2.39. The maximum Gasteiger partial charge on any atom is 0.239 e. The first-order valence-electron chi connectivity index (χ1n) is 11.3. The van der Waals surface area contributed by atoms with Crippen LogP contribution in [0, 0.1) is 0 Å². The summed E-state index contributed by atoms with van der Waals surface area (Å²) in [6.07, 6.45) is 1.79. The number of hydrogen-bond acceptors (Lipinski definition) is 6. The largest absolute Gasteiger partial charge is 0.361 e. The molecular weight excluding hydrogens is 440 g/mol. The molecular formula is C24H31ClN6O2. The molecule has 1 N–H and O–H groups in total. The maximum atomic E-state index is 13.5. The molecule has 1 atom stereocenters. The summed E-state index contributed by atoms with van der Waals surface area (Å²) >= 11 is 6.25. The minimum atomic E-state index is -0.298. The van der Waals surface area contributed by atoms with Crippen LogP contribution in [0.4, 0.5) is 11.5 Å². The Balaban J connectivity index is 1.41. The molecule has 2 aromatic rings. The molecule has 8 nitrogen and oxygen atoms in total. The number of fused-ring (bicyclic) bond motifs is 1. The number of carbonyl (C=O) groups is 2. The minimum Gasteiger partial charge on any atom is -0.361 e. The van der Waals surface area contributed by atoms with Gasteiger partial charge >= 0.3 is 0 Å². The van der Waals surface area contributed by atoms with E-state index >= 15 is 0 Å². The summed E-state index contributed by atoms with van der Waals surface area (Å²) in [4.78, 5) is 38.6. The van der Waals surface area contributed by atoms with E-state index in [0.717, 1.165) is 36.7 Å². The van der Waals surface area contributed by atoms with E-state index in [4.69, 9.17) is 11.6 Å². The van der Waals surface area contributed by atoms with E-state index in [1.54, 1.807) is 6.20 Å². The van der Waals surface area contributed by atoms with Crippen LogP contribution < -0.4 is 15.1 Å². The number of aromatic nitrogens is 1. The van der Waals surface area contributed by atoms with Crippen LogP contribution in [-0.2, 0) is 9.59 Å². The third-order valence-corrected chi connectivity index (χ3v) is 6.43. The van der Waals surface area contributed by atoms with Crippen LogP contribution in [0.5, 0.6) is 0 Å². The van der Waals surface area contributed by atoms with Gasteiger partial charge in [-0.25, -0.2) is 4.98 Å². The fourth-order valence-electron chi connectivity index (χ4n) is 4.43. The van der Waals surface area contributed by atoms with Gasteiger partial charge in [0.15, 0.2) is 0 Å². The Bertz CT molecular complexity index is 978. The molecule has 0 unspecified atom stereocenters. The smallest absolute Gasteiger partial charge is 0.239 e.